The van der Waals surface area contributed by atoms with Gasteiger partial charge in [0.1, 0.15) is 5.75 Å². The van der Waals surface area contributed by atoms with E-state index in [1.165, 1.54) is 0 Å². The van der Waals surface area contributed by atoms with Gasteiger partial charge >= 0.3 is 0 Å². The molecule has 0 bridgehead atoms. The molecule has 1 heterocycles. The first-order valence-electron chi connectivity index (χ1n) is 6.26. The predicted molar refractivity (Wildman–Crippen MR) is 71.1 cm³/mol. The van der Waals surface area contributed by atoms with Crippen LogP contribution in [0.5, 0.6) is 5.75 Å². The standard InChI is InChI=1S/C14H20N2O2/c1-10-4-5-13(18-3)12(8-10)14(17)16(2)11-6-7-15-9-11/h4-5,8,11,15H,6-7,9H2,1-3H3. The molecule has 0 aliphatic carbocycles. The van der Waals surface area contributed by atoms with Crippen LogP contribution in [0, 0.1) is 6.92 Å². The van der Waals surface area contributed by atoms with Gasteiger partial charge in [0.15, 0.2) is 0 Å². The summed E-state index contributed by atoms with van der Waals surface area (Å²) < 4.78 is 5.27. The number of hydrogen-bond donors (Lipinski definition) is 1. The Hall–Kier alpha value is -1.55. The molecule has 1 aliphatic rings. The predicted octanol–water partition coefficient (Wildman–Crippen LogP) is 1.44. The van der Waals surface area contributed by atoms with E-state index in [9.17, 15) is 4.79 Å². The lowest BCUT2D eigenvalue weighted by molar-refractivity contribution is 0.0740. The molecule has 98 valence electrons. The molecule has 4 nitrogen and oxygen atoms in total. The van der Waals surface area contributed by atoms with Crippen LogP contribution in [0.25, 0.3) is 0 Å². The van der Waals surface area contributed by atoms with Crippen molar-refractivity contribution < 1.29 is 9.53 Å². The molecule has 1 saturated heterocycles. The largest absolute Gasteiger partial charge is 0.496 e. The molecule has 1 atom stereocenters. The molecule has 1 unspecified atom stereocenters. The molecular formula is C14H20N2O2. The number of aryl methyl sites for hydroxylation is 1. The molecule has 0 aromatic heterocycles. The summed E-state index contributed by atoms with van der Waals surface area (Å²) in [7, 11) is 3.46. The first-order chi connectivity index (χ1) is 8.63. The van der Waals surface area contributed by atoms with Crippen LogP contribution in [-0.4, -0.2) is 44.1 Å². The molecule has 0 spiro atoms. The highest BCUT2D eigenvalue weighted by Gasteiger charge is 2.25. The molecule has 1 aromatic carbocycles. The van der Waals surface area contributed by atoms with E-state index in [-0.39, 0.29) is 11.9 Å². The second-order valence-corrected chi connectivity index (χ2v) is 4.77. The van der Waals surface area contributed by atoms with Gasteiger partial charge in [-0.2, -0.15) is 0 Å². The van der Waals surface area contributed by atoms with Crippen LogP contribution in [-0.2, 0) is 0 Å². The molecule has 18 heavy (non-hydrogen) atoms. The minimum absolute atomic E-state index is 0.0317. The van der Waals surface area contributed by atoms with Crippen molar-refractivity contribution in [2.45, 2.75) is 19.4 Å². The molecule has 1 N–H and O–H groups in total. The van der Waals surface area contributed by atoms with Crippen molar-refractivity contribution in [1.29, 1.82) is 0 Å². The molecular weight excluding hydrogens is 228 g/mol. The lowest BCUT2D eigenvalue weighted by Gasteiger charge is -2.24. The van der Waals surface area contributed by atoms with Crippen LogP contribution in [0.3, 0.4) is 0 Å². The van der Waals surface area contributed by atoms with E-state index in [1.54, 1.807) is 7.11 Å². The Morgan fingerprint density at radius 1 is 1.50 bits per heavy atom. The number of carbonyl (C=O) groups excluding carboxylic acids is 1. The lowest BCUT2D eigenvalue weighted by Crippen LogP contribution is -2.38. The number of nitrogens with zero attached hydrogens (tertiary/aromatic N) is 1. The maximum absolute atomic E-state index is 12.5. The summed E-state index contributed by atoms with van der Waals surface area (Å²) in [5, 5.41) is 3.27. The lowest BCUT2D eigenvalue weighted by atomic mass is 10.1. The molecule has 2 rings (SSSR count). The quantitative estimate of drug-likeness (QED) is 0.880. The Bertz CT molecular complexity index is 439. The number of carbonyl (C=O) groups is 1. The second kappa shape index (κ2) is 5.40. The number of hydrogen-bond acceptors (Lipinski definition) is 3. The Kier molecular flexibility index (Phi) is 3.87. The number of ether oxygens (including phenoxy) is 1. The minimum atomic E-state index is 0.0317. The van der Waals surface area contributed by atoms with Gasteiger partial charge in [0.2, 0.25) is 0 Å². The highest BCUT2D eigenvalue weighted by Crippen LogP contribution is 2.22. The molecule has 0 saturated carbocycles. The van der Waals surface area contributed by atoms with Gasteiger partial charge < -0.3 is 15.0 Å². The van der Waals surface area contributed by atoms with Gasteiger partial charge in [-0.3, -0.25) is 4.79 Å². The number of likely N-dealkylation sites (N-methyl/N-ethyl adjacent to an activating group) is 1. The van der Waals surface area contributed by atoms with E-state index in [0.717, 1.165) is 25.1 Å². The fourth-order valence-corrected chi connectivity index (χ4v) is 2.31. The van der Waals surface area contributed by atoms with Crippen molar-refractivity contribution in [3.05, 3.63) is 29.3 Å². The second-order valence-electron chi connectivity index (χ2n) is 4.77. The van der Waals surface area contributed by atoms with Crippen molar-refractivity contribution in [3.63, 3.8) is 0 Å². The zero-order valence-electron chi connectivity index (χ0n) is 11.2. The number of amides is 1. The summed E-state index contributed by atoms with van der Waals surface area (Å²) in [4.78, 5) is 14.3. The number of benzene rings is 1. The monoisotopic (exact) mass is 248 g/mol. The topological polar surface area (TPSA) is 41.6 Å². The van der Waals surface area contributed by atoms with Gasteiger partial charge in [-0.15, -0.1) is 0 Å². The van der Waals surface area contributed by atoms with E-state index in [2.05, 4.69) is 5.32 Å². The summed E-state index contributed by atoms with van der Waals surface area (Å²) in [5.74, 6) is 0.674. The van der Waals surface area contributed by atoms with E-state index in [4.69, 9.17) is 4.74 Å². The van der Waals surface area contributed by atoms with Gasteiger partial charge in [-0.1, -0.05) is 11.6 Å². The smallest absolute Gasteiger partial charge is 0.257 e. The minimum Gasteiger partial charge on any atom is -0.496 e. The van der Waals surface area contributed by atoms with Crippen LogP contribution in [0.2, 0.25) is 0 Å². The number of rotatable bonds is 3. The summed E-state index contributed by atoms with van der Waals surface area (Å²) >= 11 is 0. The van der Waals surface area contributed by atoms with Crippen LogP contribution < -0.4 is 10.1 Å². The van der Waals surface area contributed by atoms with E-state index >= 15 is 0 Å². The number of methoxy groups -OCH3 is 1. The third-order valence-electron chi connectivity index (χ3n) is 3.49. The van der Waals surface area contributed by atoms with Gasteiger partial charge in [0.25, 0.3) is 5.91 Å². The van der Waals surface area contributed by atoms with Crippen molar-refractivity contribution >= 4 is 5.91 Å². The maximum Gasteiger partial charge on any atom is 0.257 e. The third kappa shape index (κ3) is 2.48. The van der Waals surface area contributed by atoms with E-state index < -0.39 is 0 Å². The average Bonchev–Trinajstić information content (AvgIpc) is 2.90. The zero-order valence-corrected chi connectivity index (χ0v) is 11.2. The summed E-state index contributed by atoms with van der Waals surface area (Å²) in [5.41, 5.74) is 1.71. The molecule has 1 fully saturated rings. The van der Waals surface area contributed by atoms with Gasteiger partial charge in [-0.25, -0.2) is 0 Å². The fraction of sp³-hybridized carbons (Fsp3) is 0.500. The molecule has 1 amide bonds. The normalized spacial score (nSPS) is 18.7. The van der Waals surface area contributed by atoms with Gasteiger partial charge in [0.05, 0.1) is 12.7 Å². The molecule has 1 aromatic rings. The van der Waals surface area contributed by atoms with Gasteiger partial charge in [-0.05, 0) is 32.0 Å². The van der Waals surface area contributed by atoms with Gasteiger partial charge in [0, 0.05) is 19.6 Å². The first kappa shape index (κ1) is 12.9. The Balaban J connectivity index is 2.24. The fourth-order valence-electron chi connectivity index (χ4n) is 2.31. The Morgan fingerprint density at radius 3 is 2.89 bits per heavy atom. The zero-order chi connectivity index (χ0) is 13.1. The van der Waals surface area contributed by atoms with E-state index in [0.29, 0.717) is 11.3 Å². The van der Waals surface area contributed by atoms with Crippen LogP contribution in [0.4, 0.5) is 0 Å². The third-order valence-corrected chi connectivity index (χ3v) is 3.49. The van der Waals surface area contributed by atoms with Crippen molar-refractivity contribution in [3.8, 4) is 5.75 Å². The van der Waals surface area contributed by atoms with Crippen molar-refractivity contribution in [1.82, 2.24) is 10.2 Å². The first-order valence-corrected chi connectivity index (χ1v) is 6.26. The average molecular weight is 248 g/mol. The van der Waals surface area contributed by atoms with Crippen LogP contribution in [0.15, 0.2) is 18.2 Å². The summed E-state index contributed by atoms with van der Waals surface area (Å²) in [6, 6.07) is 5.97. The van der Waals surface area contributed by atoms with E-state index in [1.807, 2.05) is 37.1 Å². The van der Waals surface area contributed by atoms with Crippen LogP contribution >= 0.6 is 0 Å². The Morgan fingerprint density at radius 2 is 2.28 bits per heavy atom. The highest BCUT2D eigenvalue weighted by molar-refractivity contribution is 5.97. The Labute approximate surface area is 108 Å². The van der Waals surface area contributed by atoms with Crippen molar-refractivity contribution in [2.75, 3.05) is 27.2 Å². The number of nitrogens with one attached hydrogen (secondary N) is 1. The van der Waals surface area contributed by atoms with Crippen molar-refractivity contribution in [2.24, 2.45) is 0 Å². The molecule has 1 aliphatic heterocycles. The molecule has 4 heteroatoms. The SMILES string of the molecule is COc1ccc(C)cc1C(=O)N(C)C1CCNC1. The summed E-state index contributed by atoms with van der Waals surface area (Å²) in [6.45, 7) is 3.83. The summed E-state index contributed by atoms with van der Waals surface area (Å²) in [6.07, 6.45) is 1.01. The molecule has 0 radical (unpaired) electrons. The maximum atomic E-state index is 12.5. The van der Waals surface area contributed by atoms with Crippen LogP contribution in [0.1, 0.15) is 22.3 Å². The highest BCUT2D eigenvalue weighted by atomic mass is 16.5.